The third-order valence-electron chi connectivity index (χ3n) is 21.7. The van der Waals surface area contributed by atoms with Crippen LogP contribution in [0, 0.1) is 95.7 Å². The van der Waals surface area contributed by atoms with Crippen molar-refractivity contribution in [3.05, 3.63) is 375 Å². The number of nitrogens with zero attached hydrogens (tertiary/aromatic N) is 11. The molecule has 0 aliphatic rings. The number of ether oxygens (including phenoxy) is 2. The molecule has 0 atom stereocenters. The quantitative estimate of drug-likeness (QED) is 0.0359. The lowest BCUT2D eigenvalue weighted by Gasteiger charge is -2.12. The van der Waals surface area contributed by atoms with E-state index in [1.54, 1.807) is 180 Å². The van der Waals surface area contributed by atoms with E-state index in [9.17, 15) is 72.3 Å². The van der Waals surface area contributed by atoms with Crippen LogP contribution < -0.4 is 0 Å². The maximum Gasteiger partial charge on any atom is 0.416 e. The Kier molecular flexibility index (Phi) is 31.8. The molecule has 0 amide bonds. The summed E-state index contributed by atoms with van der Waals surface area (Å²) in [4.78, 5) is 36.1. The summed E-state index contributed by atoms with van der Waals surface area (Å²) in [5, 5.41) is 59.3. The molecule has 0 unspecified atom stereocenters. The van der Waals surface area contributed by atoms with Crippen LogP contribution in [0.15, 0.2) is 259 Å². The number of carbonyl (C=O) groups is 3. The molecule has 29 heteroatoms. The molecule has 137 heavy (non-hydrogen) atoms. The van der Waals surface area contributed by atoms with E-state index in [0.29, 0.717) is 138 Å². The van der Waals surface area contributed by atoms with E-state index in [0.717, 1.165) is 87.1 Å². The Morgan fingerprint density at radius 2 is 0.672 bits per heavy atom. The zero-order valence-electron chi connectivity index (χ0n) is 75.5. The number of hydrogen-bond donors (Lipinski definition) is 0. The van der Waals surface area contributed by atoms with Crippen LogP contribution in [0.1, 0.15) is 155 Å². The molecule has 16 nitrogen and oxygen atoms in total. The van der Waals surface area contributed by atoms with Gasteiger partial charge in [0.15, 0.2) is 5.78 Å². The summed E-state index contributed by atoms with van der Waals surface area (Å²) in [5.41, 5.74) is 12.9. The molecule has 0 aliphatic carbocycles. The fourth-order valence-electron chi connectivity index (χ4n) is 15.9. The molecular weight excluding hydrogens is 1790 g/mol. The largest absolute Gasteiger partial charge is 0.465 e. The topological polar surface area (TPSA) is 237 Å². The molecule has 0 saturated carbocycles. The number of aromatic nitrogens is 5. The van der Waals surface area contributed by atoms with Crippen LogP contribution in [0.5, 0.6) is 0 Å². The monoisotopic (exact) mass is 1880 g/mol. The van der Waals surface area contributed by atoms with Crippen molar-refractivity contribution in [3.8, 4) is 42.1 Å². The molecule has 10 aromatic carbocycles. The van der Waals surface area contributed by atoms with Gasteiger partial charge in [-0.25, -0.2) is 9.59 Å². The van der Waals surface area contributed by atoms with Gasteiger partial charge in [-0.05, 0) is 230 Å². The third kappa shape index (κ3) is 24.7. The van der Waals surface area contributed by atoms with Gasteiger partial charge in [-0.3, -0.25) is 4.79 Å². The lowest BCUT2D eigenvalue weighted by Crippen LogP contribution is -2.07. The molecule has 5 aromatic heterocycles. The van der Waals surface area contributed by atoms with E-state index in [1.165, 1.54) is 27.2 Å². The number of carbonyl (C=O) groups excluding carboxylic acids is 3. The fourth-order valence-corrected chi connectivity index (χ4v) is 16.2. The highest BCUT2D eigenvalue weighted by Crippen LogP contribution is 2.40. The number of esters is 2. The number of methoxy groups -OCH3 is 2. The van der Waals surface area contributed by atoms with E-state index < -0.39 is 58.9 Å². The average molecular weight is 1880 g/mol. The van der Waals surface area contributed by atoms with Gasteiger partial charge in [0.25, 0.3) is 0 Å². The Labute approximate surface area is 785 Å². The number of allylic oxidation sites excluding steroid dienone is 5. The molecule has 15 rings (SSSR count). The molecule has 0 spiro atoms. The van der Waals surface area contributed by atoms with Crippen molar-refractivity contribution in [2.75, 3.05) is 14.2 Å². The summed E-state index contributed by atoms with van der Waals surface area (Å²) in [6, 6.07) is 66.8. The predicted molar refractivity (Wildman–Crippen MR) is 506 cm³/mol. The van der Waals surface area contributed by atoms with Gasteiger partial charge in [0.05, 0.1) is 105 Å². The zero-order valence-corrected chi connectivity index (χ0v) is 76.3. The van der Waals surface area contributed by atoms with Gasteiger partial charge in [0.1, 0.15) is 6.07 Å². The van der Waals surface area contributed by atoms with Crippen LogP contribution in [0.4, 0.5) is 52.7 Å². The summed E-state index contributed by atoms with van der Waals surface area (Å²) in [6.45, 7) is 15.3. The van der Waals surface area contributed by atoms with Gasteiger partial charge in [0.2, 0.25) is 0 Å². The van der Waals surface area contributed by atoms with Gasteiger partial charge in [-0.1, -0.05) is 119 Å². The van der Waals surface area contributed by atoms with Crippen molar-refractivity contribution in [3.63, 3.8) is 0 Å². The number of halogens is 13. The molecule has 0 fully saturated rings. The number of aryl methyl sites for hydroxylation is 4. The van der Waals surface area contributed by atoms with Gasteiger partial charge >= 0.3 is 36.6 Å². The van der Waals surface area contributed by atoms with E-state index in [-0.39, 0.29) is 37.5 Å². The first-order chi connectivity index (χ1) is 64.9. The van der Waals surface area contributed by atoms with Crippen LogP contribution >= 0.6 is 11.6 Å². The van der Waals surface area contributed by atoms with Gasteiger partial charge < -0.3 is 32.3 Å². The number of rotatable bonds is 17. The van der Waals surface area contributed by atoms with Crippen LogP contribution in [-0.4, -0.2) is 54.8 Å². The van der Waals surface area contributed by atoms with Crippen molar-refractivity contribution in [2.24, 2.45) is 0 Å². The summed E-state index contributed by atoms with van der Waals surface area (Å²) >= 11 is 6.36. The smallest absolute Gasteiger partial charge is 0.416 e. The Morgan fingerprint density at radius 1 is 0.350 bits per heavy atom. The highest BCUT2D eigenvalue weighted by atomic mass is 35.5. The fraction of sp³-hybridized carbons (Fsp3) is 0.176. The summed E-state index contributed by atoms with van der Waals surface area (Å²) in [6.07, 6.45) is -0.350. The highest BCUT2D eigenvalue weighted by molar-refractivity contribution is 6.36. The molecule has 0 saturated heterocycles. The summed E-state index contributed by atoms with van der Waals surface area (Å²) in [7, 11) is 2.55. The number of fused-ring (bicyclic) bond motifs is 5. The number of benzene rings is 10. The second kappa shape index (κ2) is 43.1. The molecule has 692 valence electrons. The predicted octanol–water partition coefficient (Wildman–Crippen LogP) is 28.0. The Bertz CT molecular complexity index is 7460. The van der Waals surface area contributed by atoms with E-state index in [1.807, 2.05) is 118 Å². The molecule has 0 radical (unpaired) electrons. The van der Waals surface area contributed by atoms with E-state index >= 15 is 0 Å². The van der Waals surface area contributed by atoms with Crippen LogP contribution in [0.2, 0.25) is 5.02 Å². The molecule has 0 aliphatic heterocycles. The number of alkyl halides is 12. The summed E-state index contributed by atoms with van der Waals surface area (Å²) < 4.78 is 177. The van der Waals surface area contributed by atoms with Crippen LogP contribution in [0.3, 0.4) is 0 Å². The first kappa shape index (κ1) is 101. The van der Waals surface area contributed by atoms with Crippen LogP contribution in [-0.2, 0) is 65.2 Å². The number of Topliss-reactive ketones (excluding diaryl/α,β-unsaturated/α-hetero) is 1. The molecule has 15 aromatic rings. The summed E-state index contributed by atoms with van der Waals surface area (Å²) in [5.74, 6) is -1.40. The van der Waals surface area contributed by atoms with Crippen LogP contribution in [0.25, 0.3) is 90.6 Å². The van der Waals surface area contributed by atoms with Crippen molar-refractivity contribution in [2.45, 2.75) is 113 Å². The van der Waals surface area contributed by atoms with Gasteiger partial charge in [-0.15, -0.1) is 0 Å². The highest BCUT2D eigenvalue weighted by Gasteiger charge is 2.35. The molecule has 0 N–H and O–H groups in total. The Hall–Kier alpha value is -16.4. The minimum atomic E-state index is -4.44. The van der Waals surface area contributed by atoms with Crippen molar-refractivity contribution in [1.82, 2.24) is 22.8 Å². The maximum absolute atomic E-state index is 13.2. The SMILES string of the molecule is C/C(C#N)=C/c1cn(-c2ccccc2)c2cccc(Cl)c12.C/C(C#N)=C/c1cn(Cc2cc(C)cc(C(F)(F)F)c2)c2cccc(C#N)c12.CC(=O)/C(C#N)=C/c1cn(Cc2cc(C)cc(C(F)(F)F)c2)c2ccccc12.COC(=O)c1cccc2c1c(/C=C(/C)C#N)cn2Cc1cc(C)cc(C(F)(F)F)c1.COC(=O)c1cccc2c1c(/C=C(/C)C#N)cn2Cc1cc(C)cc(C(F)(F)F)c1. The van der Waals surface area contributed by atoms with Crippen molar-refractivity contribution in [1.29, 1.82) is 31.6 Å². The van der Waals surface area contributed by atoms with Gasteiger partial charge in [0, 0.05) is 156 Å². The normalized spacial score (nSPS) is 12.0. The number of ketones is 1. The molecular formula is C108H84ClF12N11O5. The minimum Gasteiger partial charge on any atom is -0.465 e. The standard InChI is InChI=1S/2C23H19F3N2O2.C22H16F3N3.C22H17F3N2O.C18H13ClN2/c2*1-14-7-16(10-18(9-14)23(24,25)26)12-28-13-17(8-15(2)11-27)21-19(22(29)30-3)5-4-6-20(21)28;1-14-6-16(9-19(8-14)22(23,24)25)12-28-13-18(7-15(2)10-26)21-17(11-27)4-3-5-20(21)28;1-14-7-16(9-19(8-14)22(23,24)25)12-27-13-18(10-17(11-26)15(2)28)20-5-3-4-6-21(20)27;1-13(11-20)10-14-12-21(15-6-3-2-4-7-15)17-9-5-8-16(19)18(14)17/h2*4-10,13H,12H2,1-3H3;3-9,13H,12H2,1-2H3;3-10,13H,12H2,1-2H3;2-10,12H,1H3/b2*15-8-;15-7-;17-10+;13-10-. The van der Waals surface area contributed by atoms with E-state index in [2.05, 4.69) is 22.8 Å². The molecule has 0 bridgehead atoms. The molecule has 5 heterocycles. The first-order valence-corrected chi connectivity index (χ1v) is 42.3. The number of nitriles is 6. The number of hydrogen-bond acceptors (Lipinski definition) is 11. The lowest BCUT2D eigenvalue weighted by molar-refractivity contribution is -0.138. The van der Waals surface area contributed by atoms with E-state index in [4.69, 9.17) is 47.4 Å². The second-order valence-electron chi connectivity index (χ2n) is 32.3. The maximum atomic E-state index is 13.2. The lowest BCUT2D eigenvalue weighted by atomic mass is 10.0. The zero-order chi connectivity index (χ0) is 99.9. The average Bonchev–Trinajstić information content (AvgIpc) is 1.64. The first-order valence-electron chi connectivity index (χ1n) is 41.9. The minimum absolute atomic E-state index is 0.0258. The van der Waals surface area contributed by atoms with Crippen molar-refractivity contribution >= 4 is 114 Å². The Balaban J connectivity index is 0.000000165. The van der Waals surface area contributed by atoms with Gasteiger partial charge in [-0.2, -0.15) is 84.3 Å². The Morgan fingerprint density at radius 3 is 1.03 bits per heavy atom. The third-order valence-corrected chi connectivity index (χ3v) is 22.0. The second-order valence-corrected chi connectivity index (χ2v) is 32.7. The van der Waals surface area contributed by atoms with Crippen molar-refractivity contribution < 1.29 is 76.5 Å². The number of para-hydroxylation sites is 2.